The Labute approximate surface area is 559 Å². The lowest BCUT2D eigenvalue weighted by Gasteiger charge is -2.28. The minimum Gasteiger partial charge on any atom is -0.756 e. The number of rotatable bonds is 73. The lowest BCUT2D eigenvalue weighted by Crippen LogP contribution is -2.37. The van der Waals surface area contributed by atoms with Crippen LogP contribution in [0.1, 0.15) is 386 Å². The van der Waals surface area contributed by atoms with Gasteiger partial charge in [-0.1, -0.05) is 376 Å². The molecule has 0 spiro atoms. The molecule has 0 saturated carbocycles. The van der Waals surface area contributed by atoms with Crippen molar-refractivity contribution in [2.75, 3.05) is 47.5 Å². The molecule has 90 heavy (non-hydrogen) atoms. The standard InChI is InChI=1S/C80H150NO8P/c1-6-8-10-12-14-16-18-20-22-24-26-28-30-32-34-35-36-37-38-39-40-41-42-43-44-45-47-48-50-52-54-56-58-60-62-64-66-68-70-72-79(82)86-76-78(77-88-90(84,85)87-75-74-81(3,4)5)89-80(83)73-71-69-67-65-63-61-59-57-55-53-51-49-46-33-31-29-27-25-23-21-19-17-15-13-11-9-7-2/h9,11,15,17,21,23,27,29,33,46,78H,6-8,10,12-14,16,18-20,22,24-26,28,30-32,34-45,47-77H2,1-5H3/b11-9-,17-15-,23-21-,29-27-,46-33-. The Hall–Kier alpha value is -2.29. The molecule has 2 unspecified atom stereocenters. The topological polar surface area (TPSA) is 111 Å². The minimum atomic E-state index is -4.65. The van der Waals surface area contributed by atoms with Crippen molar-refractivity contribution in [1.29, 1.82) is 0 Å². The fourth-order valence-electron chi connectivity index (χ4n) is 11.6. The van der Waals surface area contributed by atoms with E-state index in [1.54, 1.807) is 0 Å². The third-order valence-electron chi connectivity index (χ3n) is 17.6. The molecular weight excluding hydrogens is 1130 g/mol. The summed E-state index contributed by atoms with van der Waals surface area (Å²) in [5, 5.41) is 0. The number of unbranched alkanes of at least 4 members (excludes halogenated alkanes) is 49. The molecule has 0 aliphatic rings. The summed E-state index contributed by atoms with van der Waals surface area (Å²) in [5.74, 6) is -0.820. The van der Waals surface area contributed by atoms with E-state index in [1.807, 2.05) is 21.1 Å². The number of phosphoric ester groups is 1. The summed E-state index contributed by atoms with van der Waals surface area (Å²) in [5.41, 5.74) is 0. The molecular formula is C80H150NO8P. The number of quaternary nitrogens is 1. The number of carbonyl (C=O) groups is 2. The summed E-state index contributed by atoms with van der Waals surface area (Å²) >= 11 is 0. The number of carbonyl (C=O) groups excluding carboxylic acids is 2. The molecule has 0 rings (SSSR count). The number of esters is 2. The van der Waals surface area contributed by atoms with Gasteiger partial charge in [0.1, 0.15) is 19.8 Å². The predicted molar refractivity (Wildman–Crippen MR) is 388 cm³/mol. The molecule has 0 N–H and O–H groups in total. The highest BCUT2D eigenvalue weighted by Gasteiger charge is 2.22. The Morgan fingerprint density at radius 1 is 0.356 bits per heavy atom. The van der Waals surface area contributed by atoms with E-state index < -0.39 is 26.5 Å². The summed E-state index contributed by atoms with van der Waals surface area (Å²) < 4.78 is 34.4. The zero-order chi connectivity index (χ0) is 65.5. The molecule has 0 aliphatic carbocycles. The normalized spacial score (nSPS) is 13.4. The first-order valence-electron chi connectivity index (χ1n) is 39.0. The second-order valence-corrected chi connectivity index (χ2v) is 29.1. The molecule has 9 nitrogen and oxygen atoms in total. The van der Waals surface area contributed by atoms with Crippen LogP contribution in [0.3, 0.4) is 0 Å². The molecule has 528 valence electrons. The molecule has 0 bridgehead atoms. The van der Waals surface area contributed by atoms with Crippen LogP contribution >= 0.6 is 7.82 Å². The van der Waals surface area contributed by atoms with Crippen LogP contribution < -0.4 is 4.89 Å². The van der Waals surface area contributed by atoms with Gasteiger partial charge < -0.3 is 27.9 Å². The van der Waals surface area contributed by atoms with E-state index in [0.29, 0.717) is 17.4 Å². The molecule has 0 aromatic rings. The number of phosphoric acid groups is 1. The monoisotopic (exact) mass is 1280 g/mol. The van der Waals surface area contributed by atoms with E-state index in [-0.39, 0.29) is 32.0 Å². The van der Waals surface area contributed by atoms with Crippen LogP contribution in [0, 0.1) is 0 Å². The molecule has 0 aromatic carbocycles. The van der Waals surface area contributed by atoms with E-state index in [9.17, 15) is 19.0 Å². The van der Waals surface area contributed by atoms with Crippen LogP contribution in [0.5, 0.6) is 0 Å². The maximum atomic E-state index is 12.9. The zero-order valence-corrected chi connectivity index (χ0v) is 61.2. The first-order chi connectivity index (χ1) is 44.0. The quantitative estimate of drug-likeness (QED) is 0.0195. The molecule has 10 heteroatoms. The Morgan fingerprint density at radius 2 is 0.633 bits per heavy atom. The van der Waals surface area contributed by atoms with Crippen molar-refractivity contribution in [2.24, 2.45) is 0 Å². The number of likely N-dealkylation sites (N-methyl/N-ethyl adjacent to an activating group) is 1. The van der Waals surface area contributed by atoms with Crippen LogP contribution in [0.2, 0.25) is 0 Å². The Bertz CT molecular complexity index is 1700. The van der Waals surface area contributed by atoms with Gasteiger partial charge in [-0.15, -0.1) is 0 Å². The molecule has 0 saturated heterocycles. The number of allylic oxidation sites excluding steroid dienone is 10. The van der Waals surface area contributed by atoms with Crippen molar-refractivity contribution in [1.82, 2.24) is 0 Å². The van der Waals surface area contributed by atoms with Gasteiger partial charge in [0.15, 0.2) is 6.10 Å². The van der Waals surface area contributed by atoms with Gasteiger partial charge >= 0.3 is 11.9 Å². The van der Waals surface area contributed by atoms with E-state index in [2.05, 4.69) is 74.6 Å². The largest absolute Gasteiger partial charge is 0.756 e. The number of nitrogens with zero attached hydrogens (tertiary/aromatic N) is 1. The summed E-state index contributed by atoms with van der Waals surface area (Å²) in [7, 11) is 1.18. The second kappa shape index (κ2) is 71.0. The average molecular weight is 1290 g/mol. The van der Waals surface area contributed by atoms with E-state index in [4.69, 9.17) is 18.5 Å². The zero-order valence-electron chi connectivity index (χ0n) is 60.4. The Kier molecular flexibility index (Phi) is 69.2. The fourth-order valence-corrected chi connectivity index (χ4v) is 12.4. The Morgan fingerprint density at radius 3 is 0.944 bits per heavy atom. The van der Waals surface area contributed by atoms with Gasteiger partial charge in [0, 0.05) is 12.8 Å². The summed E-state index contributed by atoms with van der Waals surface area (Å²) in [6.45, 7) is 4.19. The van der Waals surface area contributed by atoms with Crippen LogP contribution in [0.4, 0.5) is 0 Å². The van der Waals surface area contributed by atoms with Gasteiger partial charge in [-0.3, -0.25) is 14.2 Å². The lowest BCUT2D eigenvalue weighted by molar-refractivity contribution is -0.870. The van der Waals surface area contributed by atoms with Crippen LogP contribution in [0.15, 0.2) is 60.8 Å². The summed E-state index contributed by atoms with van der Waals surface area (Å²) in [6.07, 6.45) is 94.9. The van der Waals surface area contributed by atoms with Crippen LogP contribution in [0.25, 0.3) is 0 Å². The van der Waals surface area contributed by atoms with E-state index in [1.165, 1.54) is 276 Å². The maximum absolute atomic E-state index is 12.9. The van der Waals surface area contributed by atoms with Crippen molar-refractivity contribution in [3.05, 3.63) is 60.8 Å². The molecule has 2 atom stereocenters. The van der Waals surface area contributed by atoms with E-state index >= 15 is 0 Å². The van der Waals surface area contributed by atoms with Gasteiger partial charge in [0.05, 0.1) is 27.7 Å². The van der Waals surface area contributed by atoms with Crippen molar-refractivity contribution in [3.63, 3.8) is 0 Å². The van der Waals surface area contributed by atoms with Crippen molar-refractivity contribution < 1.29 is 42.1 Å². The van der Waals surface area contributed by atoms with Crippen molar-refractivity contribution >= 4 is 19.8 Å². The smallest absolute Gasteiger partial charge is 0.306 e. The van der Waals surface area contributed by atoms with Gasteiger partial charge in [-0.2, -0.15) is 0 Å². The predicted octanol–water partition coefficient (Wildman–Crippen LogP) is 25.1. The highest BCUT2D eigenvalue weighted by atomic mass is 31.2. The number of hydrogen-bond acceptors (Lipinski definition) is 8. The summed E-state index contributed by atoms with van der Waals surface area (Å²) in [4.78, 5) is 38.1. The number of ether oxygens (including phenoxy) is 2. The highest BCUT2D eigenvalue weighted by molar-refractivity contribution is 7.45. The lowest BCUT2D eigenvalue weighted by atomic mass is 10.0. The van der Waals surface area contributed by atoms with Gasteiger partial charge in [0.2, 0.25) is 0 Å². The first-order valence-corrected chi connectivity index (χ1v) is 40.5. The summed E-state index contributed by atoms with van der Waals surface area (Å²) in [6, 6.07) is 0. The minimum absolute atomic E-state index is 0.0313. The molecule has 0 aliphatic heterocycles. The number of hydrogen-bond donors (Lipinski definition) is 0. The maximum Gasteiger partial charge on any atom is 0.306 e. The average Bonchev–Trinajstić information content (AvgIpc) is 3.61. The molecule has 0 radical (unpaired) electrons. The van der Waals surface area contributed by atoms with Gasteiger partial charge in [0.25, 0.3) is 7.82 Å². The van der Waals surface area contributed by atoms with Crippen molar-refractivity contribution in [2.45, 2.75) is 392 Å². The molecule has 0 aromatic heterocycles. The second-order valence-electron chi connectivity index (χ2n) is 27.7. The first kappa shape index (κ1) is 87.7. The van der Waals surface area contributed by atoms with E-state index in [0.717, 1.165) is 77.0 Å². The molecule has 0 heterocycles. The highest BCUT2D eigenvalue weighted by Crippen LogP contribution is 2.38. The van der Waals surface area contributed by atoms with Crippen LogP contribution in [-0.4, -0.2) is 70.0 Å². The van der Waals surface area contributed by atoms with Gasteiger partial charge in [-0.25, -0.2) is 0 Å². The van der Waals surface area contributed by atoms with Crippen molar-refractivity contribution in [3.8, 4) is 0 Å². The third kappa shape index (κ3) is 74.7. The van der Waals surface area contributed by atoms with Gasteiger partial charge in [-0.05, 0) is 57.8 Å². The van der Waals surface area contributed by atoms with Crippen LogP contribution in [-0.2, 0) is 32.7 Å². The SMILES string of the molecule is CC/C=C\C/C=C\C/C=C\C/C=C\C/C=C\CCCCCCCCCCCCCC(=O)OC(COC(=O)CCCCCCCCCCCCCCCCCCCCCCCCCCCCCCCCCCCCCCCCC)COP(=O)([O-])OCC[N+](C)(C)C. The third-order valence-corrected chi connectivity index (χ3v) is 18.5. The fraction of sp³-hybridized carbons (Fsp3) is 0.850. The Balaban J connectivity index is 3.91. The molecule has 0 fully saturated rings. The molecule has 0 amide bonds.